The van der Waals surface area contributed by atoms with Crippen LogP contribution in [0.3, 0.4) is 0 Å². The zero-order valence-corrected chi connectivity index (χ0v) is 13.9. The number of carbonyl (C=O) groups is 1. The molecule has 0 bridgehead atoms. The topological polar surface area (TPSA) is 61.8 Å². The van der Waals surface area contributed by atoms with Crippen LogP contribution in [0, 0.1) is 0 Å². The van der Waals surface area contributed by atoms with E-state index in [0.29, 0.717) is 5.75 Å². The summed E-state index contributed by atoms with van der Waals surface area (Å²) in [5.41, 5.74) is 0.829. The van der Waals surface area contributed by atoms with Gasteiger partial charge in [0, 0.05) is 6.92 Å². The van der Waals surface area contributed by atoms with Crippen LogP contribution >= 0.6 is 8.03 Å². The average molecular weight is 333 g/mol. The number of rotatable bonds is 7. The van der Waals surface area contributed by atoms with Gasteiger partial charge in [0.15, 0.2) is 0 Å². The van der Waals surface area contributed by atoms with Gasteiger partial charge in [0.25, 0.3) is 0 Å². The molecule has 0 aromatic heterocycles. The van der Waals surface area contributed by atoms with Gasteiger partial charge in [0.05, 0.1) is 7.11 Å². The summed E-state index contributed by atoms with van der Waals surface area (Å²) in [6.07, 6.45) is 0. The number of benzene rings is 2. The van der Waals surface area contributed by atoms with Gasteiger partial charge in [0.1, 0.15) is 12.4 Å². The standard InChI is InChI=1S/C17H18O5P/c1-17(23(19)20-2,22-15-11-7-4-8-12-15)16(18)21-13-14-9-5-3-6-10-14/h3-12H,13H2,1-2H3/q+1. The Morgan fingerprint density at radius 3 is 2.17 bits per heavy atom. The van der Waals surface area contributed by atoms with Crippen molar-refractivity contribution in [3.05, 3.63) is 66.2 Å². The van der Waals surface area contributed by atoms with E-state index in [0.717, 1.165) is 5.56 Å². The van der Waals surface area contributed by atoms with E-state index < -0.39 is 19.3 Å². The maximum atomic E-state index is 12.4. The van der Waals surface area contributed by atoms with Gasteiger partial charge in [-0.05, 0) is 22.3 Å². The van der Waals surface area contributed by atoms with E-state index in [2.05, 4.69) is 0 Å². The van der Waals surface area contributed by atoms with Gasteiger partial charge < -0.3 is 9.47 Å². The number of hydrogen-bond acceptors (Lipinski definition) is 5. The molecule has 2 aromatic rings. The highest BCUT2D eigenvalue weighted by Crippen LogP contribution is 2.41. The van der Waals surface area contributed by atoms with Gasteiger partial charge in [-0.15, -0.1) is 4.52 Å². The lowest BCUT2D eigenvalue weighted by molar-refractivity contribution is -0.155. The lowest BCUT2D eigenvalue weighted by Gasteiger charge is -2.18. The van der Waals surface area contributed by atoms with Crippen LogP contribution in [0.5, 0.6) is 5.75 Å². The van der Waals surface area contributed by atoms with E-state index >= 15 is 0 Å². The Bertz CT molecular complexity index is 659. The number of hydrogen-bond donors (Lipinski definition) is 0. The number of carbonyl (C=O) groups excluding carboxylic acids is 1. The number of para-hydroxylation sites is 1. The summed E-state index contributed by atoms with van der Waals surface area (Å²) in [4.78, 5) is 12.4. The van der Waals surface area contributed by atoms with Crippen molar-refractivity contribution in [1.82, 2.24) is 0 Å². The second kappa shape index (κ2) is 7.86. The van der Waals surface area contributed by atoms with Crippen molar-refractivity contribution in [1.29, 1.82) is 0 Å². The molecule has 0 aliphatic heterocycles. The Morgan fingerprint density at radius 1 is 1.04 bits per heavy atom. The molecule has 2 rings (SSSR count). The largest absolute Gasteiger partial charge is 0.569 e. The summed E-state index contributed by atoms with van der Waals surface area (Å²) in [5, 5.41) is -1.72. The first-order valence-corrected chi connectivity index (χ1v) is 8.20. The SMILES string of the molecule is CO[P+](=O)C(C)(Oc1ccccc1)C(=O)OCc1ccccc1. The zero-order chi connectivity index (χ0) is 16.7. The Balaban J connectivity index is 2.13. The Kier molecular flexibility index (Phi) is 5.85. The van der Waals surface area contributed by atoms with Crippen LogP contribution in [-0.4, -0.2) is 18.4 Å². The second-order valence-corrected chi connectivity index (χ2v) is 6.63. The molecule has 5 nitrogen and oxygen atoms in total. The Hall–Kier alpha value is -2.23. The molecular formula is C17H18O5P+. The molecule has 0 aliphatic carbocycles. The van der Waals surface area contributed by atoms with Crippen molar-refractivity contribution in [2.45, 2.75) is 18.9 Å². The first-order valence-electron chi connectivity index (χ1n) is 7.03. The summed E-state index contributed by atoms with van der Waals surface area (Å²) in [6.45, 7) is 1.47. The van der Waals surface area contributed by atoms with Crippen LogP contribution in [0.25, 0.3) is 0 Å². The number of ether oxygens (including phenoxy) is 2. The lowest BCUT2D eigenvalue weighted by Crippen LogP contribution is -2.39. The van der Waals surface area contributed by atoms with E-state index in [-0.39, 0.29) is 6.61 Å². The minimum atomic E-state index is -2.41. The van der Waals surface area contributed by atoms with E-state index in [1.165, 1.54) is 14.0 Å². The first kappa shape index (κ1) is 17.1. The van der Waals surface area contributed by atoms with Gasteiger partial charge in [0.2, 0.25) is 0 Å². The quantitative estimate of drug-likeness (QED) is 0.568. The molecule has 6 heteroatoms. The molecule has 2 unspecified atom stereocenters. The second-order valence-electron chi connectivity index (χ2n) is 4.90. The van der Waals surface area contributed by atoms with Crippen molar-refractivity contribution < 1.29 is 23.4 Å². The van der Waals surface area contributed by atoms with Crippen LogP contribution < -0.4 is 4.74 Å². The van der Waals surface area contributed by atoms with Crippen molar-refractivity contribution in [3.63, 3.8) is 0 Å². The fraction of sp³-hybridized carbons (Fsp3) is 0.235. The van der Waals surface area contributed by atoms with Crippen molar-refractivity contribution in [2.24, 2.45) is 0 Å². The maximum Gasteiger partial charge on any atom is 0.569 e. The Labute approximate surface area is 136 Å². The minimum absolute atomic E-state index is 0.0697. The van der Waals surface area contributed by atoms with Gasteiger partial charge >= 0.3 is 19.3 Å². The highest BCUT2D eigenvalue weighted by molar-refractivity contribution is 7.42. The summed E-state index contributed by atoms with van der Waals surface area (Å²) in [6, 6.07) is 17.9. The van der Waals surface area contributed by atoms with E-state index in [4.69, 9.17) is 14.0 Å². The van der Waals surface area contributed by atoms with Gasteiger partial charge in [-0.3, -0.25) is 0 Å². The van der Waals surface area contributed by atoms with Crippen LogP contribution in [0.1, 0.15) is 12.5 Å². The monoisotopic (exact) mass is 333 g/mol. The summed E-state index contributed by atoms with van der Waals surface area (Å²) in [5.74, 6) is -0.333. The summed E-state index contributed by atoms with van der Waals surface area (Å²) in [7, 11) is -1.15. The first-order chi connectivity index (χ1) is 11.1. The van der Waals surface area contributed by atoms with Gasteiger partial charge in [-0.1, -0.05) is 48.5 Å². The third-order valence-electron chi connectivity index (χ3n) is 3.17. The molecule has 2 aromatic carbocycles. The minimum Gasteiger partial charge on any atom is -0.454 e. The molecule has 0 N–H and O–H groups in total. The zero-order valence-electron chi connectivity index (χ0n) is 13.0. The highest BCUT2D eigenvalue weighted by atomic mass is 31.1. The fourth-order valence-corrected chi connectivity index (χ4v) is 2.64. The maximum absolute atomic E-state index is 12.4. The normalized spacial score (nSPS) is 13.7. The highest BCUT2D eigenvalue weighted by Gasteiger charge is 2.58. The van der Waals surface area contributed by atoms with Crippen LogP contribution in [0.2, 0.25) is 0 Å². The summed E-state index contributed by atoms with van der Waals surface area (Å²) >= 11 is 0. The molecule has 0 heterocycles. The molecule has 0 saturated heterocycles. The van der Waals surface area contributed by atoms with Crippen LogP contribution in [-0.2, 0) is 25.2 Å². The molecule has 23 heavy (non-hydrogen) atoms. The van der Waals surface area contributed by atoms with E-state index in [9.17, 15) is 9.36 Å². The predicted octanol–water partition coefficient (Wildman–Crippen LogP) is 3.91. The molecular weight excluding hydrogens is 315 g/mol. The molecule has 0 amide bonds. The van der Waals surface area contributed by atoms with E-state index in [1.807, 2.05) is 36.4 Å². The molecule has 0 aliphatic rings. The van der Waals surface area contributed by atoms with Crippen LogP contribution in [0.15, 0.2) is 60.7 Å². The molecule has 0 saturated carbocycles. The van der Waals surface area contributed by atoms with Gasteiger partial charge in [-0.2, -0.15) is 0 Å². The van der Waals surface area contributed by atoms with E-state index in [1.54, 1.807) is 24.3 Å². The third kappa shape index (κ3) is 4.38. The van der Waals surface area contributed by atoms with Crippen molar-refractivity contribution in [3.8, 4) is 5.75 Å². The fourth-order valence-electron chi connectivity index (χ4n) is 1.90. The molecule has 0 radical (unpaired) electrons. The van der Waals surface area contributed by atoms with Crippen LogP contribution in [0.4, 0.5) is 0 Å². The van der Waals surface area contributed by atoms with Gasteiger partial charge in [-0.25, -0.2) is 4.79 Å². The smallest absolute Gasteiger partial charge is 0.454 e. The molecule has 2 atom stereocenters. The van der Waals surface area contributed by atoms with Crippen molar-refractivity contribution in [2.75, 3.05) is 7.11 Å². The van der Waals surface area contributed by atoms with Crippen molar-refractivity contribution >= 4 is 14.0 Å². The number of esters is 1. The molecule has 0 fully saturated rings. The average Bonchev–Trinajstić information content (AvgIpc) is 2.60. The predicted molar refractivity (Wildman–Crippen MR) is 86.3 cm³/mol. The third-order valence-corrected chi connectivity index (χ3v) is 4.47. The lowest BCUT2D eigenvalue weighted by atomic mass is 10.2. The summed E-state index contributed by atoms with van der Waals surface area (Å²) < 4.78 is 27.9. The Morgan fingerprint density at radius 2 is 1.61 bits per heavy atom. The molecule has 0 spiro atoms. The molecule has 120 valence electrons.